The quantitative estimate of drug-likeness (QED) is 0.813. The number of ketones is 1. The van der Waals surface area contributed by atoms with E-state index in [1.807, 2.05) is 0 Å². The summed E-state index contributed by atoms with van der Waals surface area (Å²) in [6, 6.07) is 1.72. The second kappa shape index (κ2) is 6.24. The molecule has 1 heterocycles. The highest BCUT2D eigenvalue weighted by atomic mass is 79.9. The van der Waals surface area contributed by atoms with Gasteiger partial charge in [0, 0.05) is 29.2 Å². The highest BCUT2D eigenvalue weighted by Crippen LogP contribution is 2.42. The van der Waals surface area contributed by atoms with Crippen LogP contribution >= 0.6 is 15.9 Å². The molecule has 2 unspecified atom stereocenters. The van der Waals surface area contributed by atoms with Crippen molar-refractivity contribution in [2.45, 2.75) is 38.3 Å². The van der Waals surface area contributed by atoms with Crippen molar-refractivity contribution in [3.8, 4) is 0 Å². The summed E-state index contributed by atoms with van der Waals surface area (Å²) in [5, 5.41) is 0. The van der Waals surface area contributed by atoms with Crippen molar-refractivity contribution < 1.29 is 18.0 Å². The van der Waals surface area contributed by atoms with Gasteiger partial charge in [0.05, 0.1) is 5.92 Å². The first-order valence-electron chi connectivity index (χ1n) is 6.57. The van der Waals surface area contributed by atoms with E-state index in [9.17, 15) is 18.0 Å². The van der Waals surface area contributed by atoms with E-state index in [2.05, 4.69) is 20.9 Å². The van der Waals surface area contributed by atoms with Crippen molar-refractivity contribution in [3.05, 3.63) is 28.5 Å². The fourth-order valence-electron chi connectivity index (χ4n) is 2.79. The average Bonchev–Trinajstić information content (AvgIpc) is 2.37. The summed E-state index contributed by atoms with van der Waals surface area (Å²) in [4.78, 5) is 16.1. The van der Waals surface area contributed by atoms with Gasteiger partial charge in [0.15, 0.2) is 0 Å². The number of pyridine rings is 1. The number of aromatic nitrogens is 1. The molecule has 0 spiro atoms. The Morgan fingerprint density at radius 2 is 2.00 bits per heavy atom. The molecule has 1 aromatic rings. The summed E-state index contributed by atoms with van der Waals surface area (Å²) < 4.78 is 39.7. The predicted molar refractivity (Wildman–Crippen MR) is 72.2 cm³/mol. The maximum absolute atomic E-state index is 13.0. The number of carbonyl (C=O) groups excluding carboxylic acids is 1. The molecule has 1 saturated carbocycles. The van der Waals surface area contributed by atoms with E-state index in [-0.39, 0.29) is 18.6 Å². The number of Topliss-reactive ketones (excluding diaryl/α,β-unsaturated/α-hetero) is 1. The average molecular weight is 350 g/mol. The van der Waals surface area contributed by atoms with E-state index in [0.29, 0.717) is 24.8 Å². The monoisotopic (exact) mass is 349 g/mol. The molecule has 0 amide bonds. The van der Waals surface area contributed by atoms with Gasteiger partial charge in [-0.2, -0.15) is 13.2 Å². The van der Waals surface area contributed by atoms with E-state index in [1.165, 1.54) is 6.20 Å². The van der Waals surface area contributed by atoms with Crippen LogP contribution in [0.4, 0.5) is 13.2 Å². The zero-order valence-electron chi connectivity index (χ0n) is 10.8. The van der Waals surface area contributed by atoms with Crippen LogP contribution < -0.4 is 0 Å². The molecular weight excluding hydrogens is 335 g/mol. The molecule has 0 aromatic carbocycles. The smallest absolute Gasteiger partial charge is 0.299 e. The highest BCUT2D eigenvalue weighted by Gasteiger charge is 2.47. The Balaban J connectivity index is 2.10. The van der Waals surface area contributed by atoms with Gasteiger partial charge in [0.2, 0.25) is 0 Å². The Labute approximate surface area is 123 Å². The minimum Gasteiger partial charge on any atom is -0.299 e. The van der Waals surface area contributed by atoms with Crippen LogP contribution in [0.25, 0.3) is 0 Å². The summed E-state index contributed by atoms with van der Waals surface area (Å²) in [7, 11) is 0. The number of alkyl halides is 3. The maximum atomic E-state index is 13.0. The van der Waals surface area contributed by atoms with Crippen molar-refractivity contribution in [1.29, 1.82) is 0 Å². The molecule has 0 N–H and O–H groups in total. The Morgan fingerprint density at radius 3 is 2.65 bits per heavy atom. The van der Waals surface area contributed by atoms with Gasteiger partial charge in [-0.15, -0.1) is 0 Å². The fraction of sp³-hybridized carbons (Fsp3) is 0.571. The van der Waals surface area contributed by atoms with Crippen LogP contribution in [0.15, 0.2) is 22.9 Å². The Morgan fingerprint density at radius 1 is 1.30 bits per heavy atom. The Bertz CT molecular complexity index is 490. The summed E-state index contributed by atoms with van der Waals surface area (Å²) in [6.45, 7) is 0. The standard InChI is InChI=1S/C14H15BrF3NO/c15-10-5-9(7-19-8-10)6-13(20)11-3-1-2-4-12(11)14(16,17)18/h5,7-8,11-12H,1-4,6H2. The highest BCUT2D eigenvalue weighted by molar-refractivity contribution is 9.10. The van der Waals surface area contributed by atoms with Crippen LogP contribution in [0.5, 0.6) is 0 Å². The lowest BCUT2D eigenvalue weighted by Crippen LogP contribution is -2.37. The number of hydrogen-bond acceptors (Lipinski definition) is 2. The molecule has 1 aromatic heterocycles. The lowest BCUT2D eigenvalue weighted by molar-refractivity contribution is -0.197. The van der Waals surface area contributed by atoms with E-state index < -0.39 is 18.0 Å². The second-order valence-electron chi connectivity index (χ2n) is 5.19. The first kappa shape index (κ1) is 15.5. The van der Waals surface area contributed by atoms with Crippen LogP contribution in [0.1, 0.15) is 31.2 Å². The largest absolute Gasteiger partial charge is 0.392 e. The van der Waals surface area contributed by atoms with Gasteiger partial charge in [-0.25, -0.2) is 0 Å². The Kier molecular flexibility index (Phi) is 4.83. The van der Waals surface area contributed by atoms with Crippen molar-refractivity contribution >= 4 is 21.7 Å². The summed E-state index contributed by atoms with van der Waals surface area (Å²) >= 11 is 3.24. The first-order chi connectivity index (χ1) is 9.38. The third-order valence-electron chi connectivity index (χ3n) is 3.74. The molecule has 1 aliphatic carbocycles. The Hall–Kier alpha value is -0.910. The van der Waals surface area contributed by atoms with Gasteiger partial charge in [0.1, 0.15) is 5.78 Å². The zero-order chi connectivity index (χ0) is 14.8. The van der Waals surface area contributed by atoms with Gasteiger partial charge in [-0.05, 0) is 40.4 Å². The lowest BCUT2D eigenvalue weighted by Gasteiger charge is -2.32. The normalized spacial score (nSPS) is 23.6. The van der Waals surface area contributed by atoms with E-state index in [1.54, 1.807) is 12.3 Å². The number of carbonyl (C=O) groups is 1. The molecular formula is C14H15BrF3NO. The zero-order valence-corrected chi connectivity index (χ0v) is 12.4. The van der Waals surface area contributed by atoms with E-state index >= 15 is 0 Å². The predicted octanol–water partition coefficient (Wildman–Crippen LogP) is 4.32. The van der Waals surface area contributed by atoms with Gasteiger partial charge in [0.25, 0.3) is 0 Å². The third-order valence-corrected chi connectivity index (χ3v) is 4.17. The van der Waals surface area contributed by atoms with Gasteiger partial charge in [-0.1, -0.05) is 12.8 Å². The first-order valence-corrected chi connectivity index (χ1v) is 7.36. The van der Waals surface area contributed by atoms with Crippen LogP contribution in [0, 0.1) is 11.8 Å². The second-order valence-corrected chi connectivity index (χ2v) is 6.11. The molecule has 0 saturated heterocycles. The van der Waals surface area contributed by atoms with Crippen molar-refractivity contribution in [1.82, 2.24) is 4.98 Å². The van der Waals surface area contributed by atoms with E-state index in [0.717, 1.165) is 4.47 Å². The maximum Gasteiger partial charge on any atom is 0.392 e. The third kappa shape index (κ3) is 3.81. The molecule has 0 aliphatic heterocycles. The van der Waals surface area contributed by atoms with Crippen molar-refractivity contribution in [2.75, 3.05) is 0 Å². The van der Waals surface area contributed by atoms with Crippen LogP contribution in [0.2, 0.25) is 0 Å². The van der Waals surface area contributed by atoms with Gasteiger partial charge >= 0.3 is 6.18 Å². The number of nitrogens with zero attached hydrogens (tertiary/aromatic N) is 1. The molecule has 2 nitrogen and oxygen atoms in total. The fourth-order valence-corrected chi connectivity index (χ4v) is 3.21. The molecule has 0 radical (unpaired) electrons. The van der Waals surface area contributed by atoms with Crippen LogP contribution in [0.3, 0.4) is 0 Å². The van der Waals surface area contributed by atoms with Crippen molar-refractivity contribution in [2.24, 2.45) is 11.8 Å². The SMILES string of the molecule is O=C(Cc1cncc(Br)c1)C1CCCCC1C(F)(F)F. The number of hydrogen-bond donors (Lipinski definition) is 0. The molecule has 0 bridgehead atoms. The molecule has 110 valence electrons. The summed E-state index contributed by atoms with van der Waals surface area (Å²) in [5.41, 5.74) is 0.649. The summed E-state index contributed by atoms with van der Waals surface area (Å²) in [5.74, 6) is -2.71. The van der Waals surface area contributed by atoms with Gasteiger partial charge in [-0.3, -0.25) is 9.78 Å². The molecule has 1 fully saturated rings. The lowest BCUT2D eigenvalue weighted by atomic mass is 9.75. The minimum atomic E-state index is -4.28. The topological polar surface area (TPSA) is 30.0 Å². The van der Waals surface area contributed by atoms with Crippen LogP contribution in [-0.4, -0.2) is 16.9 Å². The molecule has 2 rings (SSSR count). The van der Waals surface area contributed by atoms with Crippen molar-refractivity contribution in [3.63, 3.8) is 0 Å². The minimum absolute atomic E-state index is 0.0175. The molecule has 20 heavy (non-hydrogen) atoms. The molecule has 1 aliphatic rings. The van der Waals surface area contributed by atoms with Gasteiger partial charge < -0.3 is 0 Å². The molecule has 2 atom stereocenters. The van der Waals surface area contributed by atoms with E-state index in [4.69, 9.17) is 0 Å². The number of rotatable bonds is 3. The number of halogens is 4. The van der Waals surface area contributed by atoms with Crippen LogP contribution in [-0.2, 0) is 11.2 Å². The summed E-state index contributed by atoms with van der Waals surface area (Å²) in [6.07, 6.45) is 0.480. The molecule has 6 heteroatoms.